The van der Waals surface area contributed by atoms with E-state index in [1.54, 1.807) is 14.2 Å². The fourth-order valence-electron chi connectivity index (χ4n) is 3.53. The van der Waals surface area contributed by atoms with Gasteiger partial charge in [-0.05, 0) is 42.7 Å². The maximum absolute atomic E-state index is 12.8. The van der Waals surface area contributed by atoms with E-state index in [0.717, 1.165) is 31.7 Å². The number of hydrogen-bond acceptors (Lipinski definition) is 3. The summed E-state index contributed by atoms with van der Waals surface area (Å²) in [5, 5.41) is 0. The van der Waals surface area contributed by atoms with Gasteiger partial charge in [-0.25, -0.2) is 0 Å². The van der Waals surface area contributed by atoms with E-state index in [1.807, 2.05) is 35.2 Å². The predicted molar refractivity (Wildman–Crippen MR) is 97.9 cm³/mol. The molecule has 3 rings (SSSR count). The second-order valence-electron chi connectivity index (χ2n) is 6.49. The molecule has 25 heavy (non-hydrogen) atoms. The van der Waals surface area contributed by atoms with Gasteiger partial charge in [-0.15, -0.1) is 0 Å². The first kappa shape index (κ1) is 17.5. The minimum Gasteiger partial charge on any atom is -0.497 e. The van der Waals surface area contributed by atoms with Gasteiger partial charge >= 0.3 is 0 Å². The lowest BCUT2D eigenvalue weighted by Crippen LogP contribution is -2.47. The van der Waals surface area contributed by atoms with Crippen LogP contribution in [0.25, 0.3) is 0 Å². The van der Waals surface area contributed by atoms with Crippen LogP contribution in [0.1, 0.15) is 22.3 Å². The van der Waals surface area contributed by atoms with Crippen molar-refractivity contribution in [1.29, 1.82) is 0 Å². The second kappa shape index (κ2) is 8.17. The first-order chi connectivity index (χ1) is 12.2. The Morgan fingerprint density at radius 2 is 1.80 bits per heavy atom. The molecule has 1 heterocycles. The zero-order chi connectivity index (χ0) is 17.6. The highest BCUT2D eigenvalue weighted by Gasteiger charge is 2.32. The molecule has 1 aliphatic rings. The van der Waals surface area contributed by atoms with Crippen molar-refractivity contribution >= 4 is 5.91 Å². The van der Waals surface area contributed by atoms with E-state index in [9.17, 15) is 4.79 Å². The second-order valence-corrected chi connectivity index (χ2v) is 6.49. The third-order valence-electron chi connectivity index (χ3n) is 4.93. The van der Waals surface area contributed by atoms with Crippen molar-refractivity contribution in [2.75, 3.05) is 27.3 Å². The molecular weight excluding hydrogens is 314 g/mol. The van der Waals surface area contributed by atoms with Crippen molar-refractivity contribution in [3.05, 3.63) is 65.7 Å². The van der Waals surface area contributed by atoms with Gasteiger partial charge in [-0.1, -0.05) is 30.3 Å². The monoisotopic (exact) mass is 339 g/mol. The number of ether oxygens (including phenoxy) is 2. The number of benzene rings is 2. The summed E-state index contributed by atoms with van der Waals surface area (Å²) in [6.45, 7) is 1.45. The zero-order valence-corrected chi connectivity index (χ0v) is 14.9. The van der Waals surface area contributed by atoms with Crippen molar-refractivity contribution in [3.63, 3.8) is 0 Å². The van der Waals surface area contributed by atoms with Crippen molar-refractivity contribution in [2.45, 2.75) is 18.9 Å². The molecule has 0 spiro atoms. The van der Waals surface area contributed by atoms with Gasteiger partial charge in [0.25, 0.3) is 5.91 Å². The highest BCUT2D eigenvalue weighted by Crippen LogP contribution is 2.25. The summed E-state index contributed by atoms with van der Waals surface area (Å²) in [6.07, 6.45) is 1.99. The average Bonchev–Trinajstić information content (AvgIpc) is 2.68. The SMILES string of the molecule is COc1ccc(C(=O)N2CC[C@H](OC)[C@@H](Cc3ccccc3)C2)cc1. The number of methoxy groups -OCH3 is 2. The molecular formula is C21H25NO3. The largest absolute Gasteiger partial charge is 0.497 e. The first-order valence-electron chi connectivity index (χ1n) is 8.71. The topological polar surface area (TPSA) is 38.8 Å². The van der Waals surface area contributed by atoms with Crippen molar-refractivity contribution in [2.24, 2.45) is 5.92 Å². The van der Waals surface area contributed by atoms with Crippen LogP contribution in [0.4, 0.5) is 0 Å². The lowest BCUT2D eigenvalue weighted by atomic mass is 9.88. The molecule has 0 bridgehead atoms. The molecule has 132 valence electrons. The number of carbonyl (C=O) groups is 1. The van der Waals surface area contributed by atoms with Crippen molar-refractivity contribution in [3.8, 4) is 5.75 Å². The Morgan fingerprint density at radius 1 is 1.08 bits per heavy atom. The highest BCUT2D eigenvalue weighted by atomic mass is 16.5. The average molecular weight is 339 g/mol. The molecule has 0 radical (unpaired) electrons. The van der Waals surface area contributed by atoms with Crippen LogP contribution in [-0.4, -0.2) is 44.2 Å². The summed E-state index contributed by atoms with van der Waals surface area (Å²) in [5.74, 6) is 1.15. The fourth-order valence-corrected chi connectivity index (χ4v) is 3.53. The van der Waals surface area contributed by atoms with Gasteiger partial charge in [0.1, 0.15) is 5.75 Å². The molecule has 0 aromatic heterocycles. The number of carbonyl (C=O) groups excluding carboxylic acids is 1. The molecule has 2 atom stereocenters. The Bertz CT molecular complexity index is 684. The van der Waals surface area contributed by atoms with Gasteiger partial charge in [0.05, 0.1) is 13.2 Å². The smallest absolute Gasteiger partial charge is 0.253 e. The number of piperidine rings is 1. The third kappa shape index (κ3) is 4.20. The molecule has 0 unspecified atom stereocenters. The van der Waals surface area contributed by atoms with E-state index in [4.69, 9.17) is 9.47 Å². The molecule has 0 saturated carbocycles. The number of amides is 1. The van der Waals surface area contributed by atoms with E-state index < -0.39 is 0 Å². The Morgan fingerprint density at radius 3 is 2.44 bits per heavy atom. The van der Waals surface area contributed by atoms with Crippen LogP contribution >= 0.6 is 0 Å². The van der Waals surface area contributed by atoms with Gasteiger partial charge < -0.3 is 14.4 Å². The van der Waals surface area contributed by atoms with E-state index in [1.165, 1.54) is 5.56 Å². The third-order valence-corrected chi connectivity index (χ3v) is 4.93. The lowest BCUT2D eigenvalue weighted by Gasteiger charge is -2.38. The summed E-state index contributed by atoms with van der Waals surface area (Å²) in [6, 6.07) is 17.7. The lowest BCUT2D eigenvalue weighted by molar-refractivity contribution is -0.00299. The minimum atomic E-state index is 0.0790. The maximum atomic E-state index is 12.8. The normalized spacial score (nSPS) is 20.3. The number of nitrogens with zero attached hydrogens (tertiary/aromatic N) is 1. The highest BCUT2D eigenvalue weighted by molar-refractivity contribution is 5.94. The minimum absolute atomic E-state index is 0.0790. The Hall–Kier alpha value is -2.33. The summed E-state index contributed by atoms with van der Waals surface area (Å²) in [7, 11) is 3.39. The van der Waals surface area contributed by atoms with Crippen molar-refractivity contribution in [1.82, 2.24) is 4.90 Å². The van der Waals surface area contributed by atoms with Crippen LogP contribution in [0.5, 0.6) is 5.75 Å². The predicted octanol–water partition coefficient (Wildman–Crippen LogP) is 3.42. The summed E-state index contributed by atoms with van der Waals surface area (Å²) in [4.78, 5) is 14.8. The van der Waals surface area contributed by atoms with E-state index in [2.05, 4.69) is 24.3 Å². The Kier molecular flexibility index (Phi) is 5.71. The van der Waals surface area contributed by atoms with Crippen LogP contribution in [-0.2, 0) is 11.2 Å². The first-order valence-corrected chi connectivity index (χ1v) is 8.71. The molecule has 2 aromatic carbocycles. The van der Waals surface area contributed by atoms with Gasteiger partial charge in [0.2, 0.25) is 0 Å². The molecule has 1 amide bonds. The number of rotatable bonds is 5. The Balaban J connectivity index is 1.71. The zero-order valence-electron chi connectivity index (χ0n) is 14.9. The summed E-state index contributed by atoms with van der Waals surface area (Å²) >= 11 is 0. The van der Waals surface area contributed by atoms with E-state index >= 15 is 0 Å². The molecule has 4 nitrogen and oxygen atoms in total. The maximum Gasteiger partial charge on any atom is 0.253 e. The molecule has 1 fully saturated rings. The van der Waals surface area contributed by atoms with Crippen LogP contribution < -0.4 is 4.74 Å². The van der Waals surface area contributed by atoms with Gasteiger partial charge in [-0.2, -0.15) is 0 Å². The van der Waals surface area contributed by atoms with Gasteiger partial charge in [0.15, 0.2) is 0 Å². The molecule has 0 aliphatic carbocycles. The van der Waals surface area contributed by atoms with Crippen LogP contribution in [0.15, 0.2) is 54.6 Å². The van der Waals surface area contributed by atoms with Gasteiger partial charge in [-0.3, -0.25) is 4.79 Å². The molecule has 1 aliphatic heterocycles. The summed E-state index contributed by atoms with van der Waals surface area (Å²) in [5.41, 5.74) is 1.99. The number of hydrogen-bond donors (Lipinski definition) is 0. The number of likely N-dealkylation sites (tertiary alicyclic amines) is 1. The molecule has 4 heteroatoms. The summed E-state index contributed by atoms with van der Waals surface area (Å²) < 4.78 is 10.9. The van der Waals surface area contributed by atoms with Crippen LogP contribution in [0.3, 0.4) is 0 Å². The van der Waals surface area contributed by atoms with Crippen LogP contribution in [0.2, 0.25) is 0 Å². The molecule has 0 N–H and O–H groups in total. The molecule has 2 aromatic rings. The standard InChI is InChI=1S/C21H25NO3/c1-24-19-10-8-17(9-11-19)21(23)22-13-12-20(25-2)18(15-22)14-16-6-4-3-5-7-16/h3-11,18,20H,12-15H2,1-2H3/t18-,20-/m0/s1. The molecule has 1 saturated heterocycles. The van der Waals surface area contributed by atoms with Crippen molar-refractivity contribution < 1.29 is 14.3 Å². The van der Waals surface area contributed by atoms with E-state index in [-0.39, 0.29) is 12.0 Å². The Labute approximate surface area is 149 Å². The van der Waals surface area contributed by atoms with Gasteiger partial charge in [0, 0.05) is 31.7 Å². The quantitative estimate of drug-likeness (QED) is 0.838. The fraction of sp³-hybridized carbons (Fsp3) is 0.381. The van der Waals surface area contributed by atoms with E-state index in [0.29, 0.717) is 11.5 Å². The van der Waals surface area contributed by atoms with Crippen LogP contribution in [0, 0.1) is 5.92 Å².